The molecule has 112 valence electrons. The van der Waals surface area contributed by atoms with Crippen molar-refractivity contribution in [3.05, 3.63) is 24.0 Å². The lowest BCUT2D eigenvalue weighted by atomic mass is 9.84. The summed E-state index contributed by atoms with van der Waals surface area (Å²) in [6.07, 6.45) is 6.95. The number of rotatable bonds is 2. The molecule has 2 fully saturated rings. The van der Waals surface area contributed by atoms with Crippen molar-refractivity contribution < 1.29 is 4.79 Å². The van der Waals surface area contributed by atoms with Crippen LogP contribution in [0.3, 0.4) is 0 Å². The summed E-state index contributed by atoms with van der Waals surface area (Å²) in [5.41, 5.74) is 8.02. The highest BCUT2D eigenvalue weighted by atomic mass is 35.5. The SMILES string of the molecule is Cc1cnccc1NC(=O)C1C2CCC(C2)C1N.Cl.Cl. The molecule has 2 aliphatic carbocycles. The van der Waals surface area contributed by atoms with Gasteiger partial charge in [-0.05, 0) is 49.7 Å². The van der Waals surface area contributed by atoms with E-state index in [1.54, 1.807) is 12.4 Å². The maximum Gasteiger partial charge on any atom is 0.229 e. The number of nitrogens with two attached hydrogens (primary N) is 1. The Bertz CT molecular complexity index is 481. The molecular formula is C14H21Cl2N3O. The van der Waals surface area contributed by atoms with E-state index in [0.717, 1.165) is 24.1 Å². The number of hydrogen-bond acceptors (Lipinski definition) is 3. The molecular weight excluding hydrogens is 297 g/mol. The molecule has 1 amide bonds. The van der Waals surface area contributed by atoms with E-state index in [1.807, 2.05) is 13.0 Å². The van der Waals surface area contributed by atoms with Crippen molar-refractivity contribution in [2.24, 2.45) is 23.5 Å². The van der Waals surface area contributed by atoms with Gasteiger partial charge in [0.05, 0.1) is 5.92 Å². The van der Waals surface area contributed by atoms with Gasteiger partial charge >= 0.3 is 0 Å². The second-order valence-electron chi connectivity index (χ2n) is 5.62. The molecule has 0 aromatic carbocycles. The van der Waals surface area contributed by atoms with Crippen LogP contribution in [0.15, 0.2) is 18.5 Å². The normalized spacial score (nSPS) is 30.3. The van der Waals surface area contributed by atoms with E-state index in [9.17, 15) is 4.79 Å². The summed E-state index contributed by atoms with van der Waals surface area (Å²) in [4.78, 5) is 16.4. The van der Waals surface area contributed by atoms with Gasteiger partial charge in [-0.1, -0.05) is 0 Å². The second kappa shape index (κ2) is 6.74. The van der Waals surface area contributed by atoms with E-state index in [2.05, 4.69) is 10.3 Å². The number of pyridine rings is 1. The number of aryl methyl sites for hydroxylation is 1. The zero-order valence-electron chi connectivity index (χ0n) is 11.4. The third-order valence-electron chi connectivity index (χ3n) is 4.56. The van der Waals surface area contributed by atoms with Crippen molar-refractivity contribution in [1.82, 2.24) is 4.98 Å². The quantitative estimate of drug-likeness (QED) is 0.880. The van der Waals surface area contributed by atoms with Crippen molar-refractivity contribution in [1.29, 1.82) is 0 Å². The van der Waals surface area contributed by atoms with Crippen molar-refractivity contribution in [3.63, 3.8) is 0 Å². The second-order valence-corrected chi connectivity index (χ2v) is 5.62. The van der Waals surface area contributed by atoms with Gasteiger partial charge in [-0.25, -0.2) is 0 Å². The van der Waals surface area contributed by atoms with Crippen LogP contribution in [0.5, 0.6) is 0 Å². The van der Waals surface area contributed by atoms with Gasteiger partial charge in [-0.3, -0.25) is 9.78 Å². The number of amides is 1. The number of fused-ring (bicyclic) bond motifs is 2. The predicted octanol–water partition coefficient (Wildman–Crippen LogP) is 2.55. The summed E-state index contributed by atoms with van der Waals surface area (Å²) in [7, 11) is 0. The molecule has 0 spiro atoms. The first-order valence-corrected chi connectivity index (χ1v) is 6.64. The minimum Gasteiger partial charge on any atom is -0.327 e. The van der Waals surface area contributed by atoms with Gasteiger partial charge in [0.2, 0.25) is 5.91 Å². The lowest BCUT2D eigenvalue weighted by molar-refractivity contribution is -0.121. The Morgan fingerprint density at radius 1 is 1.35 bits per heavy atom. The van der Waals surface area contributed by atoms with Crippen molar-refractivity contribution in [2.75, 3.05) is 5.32 Å². The number of anilines is 1. The highest BCUT2D eigenvalue weighted by Gasteiger charge is 2.49. The fourth-order valence-electron chi connectivity index (χ4n) is 3.55. The van der Waals surface area contributed by atoms with Gasteiger partial charge in [-0.2, -0.15) is 0 Å². The Labute approximate surface area is 131 Å². The summed E-state index contributed by atoms with van der Waals surface area (Å²) < 4.78 is 0. The van der Waals surface area contributed by atoms with Gasteiger partial charge < -0.3 is 11.1 Å². The molecule has 1 aromatic rings. The average Bonchev–Trinajstić information content (AvgIpc) is 2.92. The number of carbonyl (C=O) groups is 1. The smallest absolute Gasteiger partial charge is 0.229 e. The molecule has 1 aromatic heterocycles. The number of nitrogens with one attached hydrogen (secondary N) is 1. The third-order valence-corrected chi connectivity index (χ3v) is 4.56. The first kappa shape index (κ1) is 17.2. The number of halogens is 2. The summed E-state index contributed by atoms with van der Waals surface area (Å²) in [5, 5.41) is 3.01. The summed E-state index contributed by atoms with van der Waals surface area (Å²) in [5.74, 6) is 1.14. The summed E-state index contributed by atoms with van der Waals surface area (Å²) >= 11 is 0. The average molecular weight is 318 g/mol. The first-order valence-electron chi connectivity index (χ1n) is 6.64. The molecule has 1 heterocycles. The maximum absolute atomic E-state index is 12.4. The molecule has 2 saturated carbocycles. The van der Waals surface area contributed by atoms with E-state index in [4.69, 9.17) is 5.73 Å². The van der Waals surface area contributed by atoms with E-state index < -0.39 is 0 Å². The van der Waals surface area contributed by atoms with Crippen LogP contribution in [0, 0.1) is 24.7 Å². The van der Waals surface area contributed by atoms with Gasteiger partial charge in [-0.15, -0.1) is 24.8 Å². The molecule has 20 heavy (non-hydrogen) atoms. The first-order chi connectivity index (χ1) is 8.66. The molecule has 0 saturated heterocycles. The molecule has 6 heteroatoms. The van der Waals surface area contributed by atoms with Crippen LogP contribution in [0.1, 0.15) is 24.8 Å². The fraction of sp³-hybridized carbons (Fsp3) is 0.571. The Balaban J connectivity index is 0.000001000. The minimum absolute atomic E-state index is 0. The van der Waals surface area contributed by atoms with E-state index in [0.29, 0.717) is 11.8 Å². The highest BCUT2D eigenvalue weighted by Crippen LogP contribution is 2.47. The molecule has 0 radical (unpaired) electrons. The van der Waals surface area contributed by atoms with Crippen LogP contribution < -0.4 is 11.1 Å². The van der Waals surface area contributed by atoms with E-state index >= 15 is 0 Å². The third kappa shape index (κ3) is 2.92. The zero-order valence-corrected chi connectivity index (χ0v) is 13.0. The lowest BCUT2D eigenvalue weighted by Gasteiger charge is -2.27. The summed E-state index contributed by atoms with van der Waals surface area (Å²) in [6.45, 7) is 1.95. The van der Waals surface area contributed by atoms with Crippen LogP contribution in [0.2, 0.25) is 0 Å². The Hall–Kier alpha value is -0.840. The summed E-state index contributed by atoms with van der Waals surface area (Å²) in [6, 6.07) is 1.89. The van der Waals surface area contributed by atoms with Gasteiger partial charge in [0, 0.05) is 24.1 Å². The molecule has 4 unspecified atom stereocenters. The zero-order chi connectivity index (χ0) is 12.7. The molecule has 4 atom stereocenters. The van der Waals surface area contributed by atoms with Crippen LogP contribution in [-0.4, -0.2) is 16.9 Å². The van der Waals surface area contributed by atoms with Crippen LogP contribution in [0.25, 0.3) is 0 Å². The van der Waals surface area contributed by atoms with Crippen LogP contribution in [-0.2, 0) is 4.79 Å². The van der Waals surface area contributed by atoms with Gasteiger partial charge in [0.1, 0.15) is 0 Å². The Morgan fingerprint density at radius 3 is 2.65 bits per heavy atom. The Morgan fingerprint density at radius 2 is 2.05 bits per heavy atom. The highest BCUT2D eigenvalue weighted by molar-refractivity contribution is 5.94. The number of aromatic nitrogens is 1. The molecule has 3 rings (SSSR count). The van der Waals surface area contributed by atoms with Crippen molar-refractivity contribution in [3.8, 4) is 0 Å². The minimum atomic E-state index is -0.00341. The van der Waals surface area contributed by atoms with Crippen LogP contribution in [0.4, 0.5) is 5.69 Å². The van der Waals surface area contributed by atoms with Gasteiger partial charge in [0.15, 0.2) is 0 Å². The van der Waals surface area contributed by atoms with Crippen LogP contribution >= 0.6 is 24.8 Å². The number of hydrogen-bond donors (Lipinski definition) is 2. The molecule has 3 N–H and O–H groups in total. The molecule has 0 aliphatic heterocycles. The molecule has 4 nitrogen and oxygen atoms in total. The Kier molecular flexibility index (Phi) is 5.80. The largest absolute Gasteiger partial charge is 0.327 e. The number of carbonyl (C=O) groups excluding carboxylic acids is 1. The number of nitrogens with zero attached hydrogens (tertiary/aromatic N) is 1. The molecule has 2 aliphatic rings. The predicted molar refractivity (Wildman–Crippen MR) is 84.4 cm³/mol. The fourth-order valence-corrected chi connectivity index (χ4v) is 3.55. The topological polar surface area (TPSA) is 68.0 Å². The standard InChI is InChI=1S/C14H19N3O.2ClH/c1-8-7-16-5-4-11(8)17-14(18)12-9-2-3-10(6-9)13(12)15;;/h4-5,7,9-10,12-13H,2-3,6,15H2,1H3,(H,16,17,18);2*1H. The van der Waals surface area contributed by atoms with E-state index in [-0.39, 0.29) is 42.7 Å². The maximum atomic E-state index is 12.4. The monoisotopic (exact) mass is 317 g/mol. The van der Waals surface area contributed by atoms with Gasteiger partial charge in [0.25, 0.3) is 0 Å². The van der Waals surface area contributed by atoms with Crippen molar-refractivity contribution in [2.45, 2.75) is 32.2 Å². The van der Waals surface area contributed by atoms with Crippen molar-refractivity contribution >= 4 is 36.4 Å². The molecule has 2 bridgehead atoms. The lowest BCUT2D eigenvalue weighted by Crippen LogP contribution is -2.42. The van der Waals surface area contributed by atoms with E-state index in [1.165, 1.54) is 6.42 Å².